The van der Waals surface area contributed by atoms with Crippen LogP contribution in [0.3, 0.4) is 0 Å². The van der Waals surface area contributed by atoms with Crippen molar-refractivity contribution in [3.05, 3.63) is 23.8 Å². The van der Waals surface area contributed by atoms with Crippen molar-refractivity contribution in [3.8, 4) is 0 Å². The van der Waals surface area contributed by atoms with Gasteiger partial charge in [0, 0.05) is 18.2 Å². The Bertz CT molecular complexity index is 467. The van der Waals surface area contributed by atoms with Gasteiger partial charge in [-0.25, -0.2) is 0 Å². The van der Waals surface area contributed by atoms with Crippen molar-refractivity contribution in [2.45, 2.75) is 45.6 Å². The standard InChI is InChI=1S/C16H25N3O/c1-3-18-16(20)13-8-9-15(14(17)10-13)19-11(2)12-6-4-5-7-12/h8-12,19H,3-7,17H2,1-2H3,(H,18,20). The summed E-state index contributed by atoms with van der Waals surface area (Å²) in [6, 6.07) is 5.90. The van der Waals surface area contributed by atoms with Crippen molar-refractivity contribution in [2.75, 3.05) is 17.6 Å². The average Bonchev–Trinajstić information content (AvgIpc) is 2.95. The maximum Gasteiger partial charge on any atom is 0.251 e. The van der Waals surface area contributed by atoms with Crippen LogP contribution in [0.2, 0.25) is 0 Å². The molecular formula is C16H25N3O. The number of rotatable bonds is 5. The molecule has 1 unspecified atom stereocenters. The molecule has 0 saturated heterocycles. The second-order valence-corrected chi connectivity index (χ2v) is 5.64. The van der Waals surface area contributed by atoms with Crippen LogP contribution in [-0.4, -0.2) is 18.5 Å². The van der Waals surface area contributed by atoms with Crippen LogP contribution >= 0.6 is 0 Å². The minimum Gasteiger partial charge on any atom is -0.397 e. The molecule has 1 amide bonds. The van der Waals surface area contributed by atoms with Crippen LogP contribution in [0, 0.1) is 5.92 Å². The Hall–Kier alpha value is -1.71. The van der Waals surface area contributed by atoms with E-state index in [9.17, 15) is 4.79 Å². The molecule has 0 spiro atoms. The summed E-state index contributed by atoms with van der Waals surface area (Å²) in [5, 5.41) is 6.27. The highest BCUT2D eigenvalue weighted by Gasteiger charge is 2.21. The molecule has 1 atom stereocenters. The van der Waals surface area contributed by atoms with Gasteiger partial charge < -0.3 is 16.4 Å². The lowest BCUT2D eigenvalue weighted by molar-refractivity contribution is 0.0956. The van der Waals surface area contributed by atoms with Crippen LogP contribution in [0.15, 0.2) is 18.2 Å². The minimum atomic E-state index is -0.0745. The molecular weight excluding hydrogens is 250 g/mol. The second-order valence-electron chi connectivity index (χ2n) is 5.64. The number of benzene rings is 1. The summed E-state index contributed by atoms with van der Waals surface area (Å²) in [5.41, 5.74) is 8.24. The first-order valence-electron chi connectivity index (χ1n) is 7.56. The number of nitrogens with one attached hydrogen (secondary N) is 2. The van der Waals surface area contributed by atoms with Crippen molar-refractivity contribution in [2.24, 2.45) is 5.92 Å². The number of anilines is 2. The van der Waals surface area contributed by atoms with Gasteiger partial charge >= 0.3 is 0 Å². The number of hydrogen-bond acceptors (Lipinski definition) is 3. The fraction of sp³-hybridized carbons (Fsp3) is 0.562. The molecule has 4 heteroatoms. The van der Waals surface area contributed by atoms with E-state index in [1.807, 2.05) is 19.1 Å². The van der Waals surface area contributed by atoms with Crippen LogP contribution in [0.1, 0.15) is 49.9 Å². The summed E-state index contributed by atoms with van der Waals surface area (Å²) < 4.78 is 0. The lowest BCUT2D eigenvalue weighted by Gasteiger charge is -2.22. The van der Waals surface area contributed by atoms with Crippen LogP contribution in [0.5, 0.6) is 0 Å². The average molecular weight is 275 g/mol. The highest BCUT2D eigenvalue weighted by Crippen LogP contribution is 2.30. The molecule has 1 aliphatic rings. The maximum atomic E-state index is 11.8. The summed E-state index contributed by atoms with van der Waals surface area (Å²) in [7, 11) is 0. The highest BCUT2D eigenvalue weighted by atomic mass is 16.1. The fourth-order valence-electron chi connectivity index (χ4n) is 2.92. The molecule has 20 heavy (non-hydrogen) atoms. The zero-order chi connectivity index (χ0) is 14.5. The number of amides is 1. The lowest BCUT2D eigenvalue weighted by atomic mass is 9.99. The normalized spacial score (nSPS) is 16.9. The third-order valence-electron chi connectivity index (χ3n) is 4.14. The van der Waals surface area contributed by atoms with E-state index < -0.39 is 0 Å². The molecule has 1 aromatic rings. The first-order valence-corrected chi connectivity index (χ1v) is 7.56. The summed E-state index contributed by atoms with van der Waals surface area (Å²) in [5.74, 6) is 0.659. The number of hydrogen-bond donors (Lipinski definition) is 3. The zero-order valence-electron chi connectivity index (χ0n) is 12.4. The van der Waals surface area contributed by atoms with E-state index in [1.54, 1.807) is 6.07 Å². The highest BCUT2D eigenvalue weighted by molar-refractivity contribution is 5.96. The van der Waals surface area contributed by atoms with Gasteiger partial charge in [0.1, 0.15) is 0 Å². The molecule has 1 aromatic carbocycles. The van der Waals surface area contributed by atoms with Gasteiger partial charge in [0.05, 0.1) is 11.4 Å². The number of carbonyl (C=O) groups excluding carboxylic acids is 1. The Kier molecular flexibility index (Phi) is 4.88. The van der Waals surface area contributed by atoms with Crippen molar-refractivity contribution >= 4 is 17.3 Å². The first-order chi connectivity index (χ1) is 9.61. The molecule has 0 radical (unpaired) electrons. The molecule has 0 bridgehead atoms. The second kappa shape index (κ2) is 6.64. The quantitative estimate of drug-likeness (QED) is 0.724. The number of nitrogens with two attached hydrogens (primary N) is 1. The van der Waals surface area contributed by atoms with E-state index in [2.05, 4.69) is 17.6 Å². The van der Waals surface area contributed by atoms with Gasteiger partial charge in [-0.05, 0) is 50.8 Å². The number of nitrogen functional groups attached to an aromatic ring is 1. The Balaban J connectivity index is 2.03. The van der Waals surface area contributed by atoms with Gasteiger partial charge in [-0.3, -0.25) is 4.79 Å². The van der Waals surface area contributed by atoms with E-state index in [-0.39, 0.29) is 5.91 Å². The van der Waals surface area contributed by atoms with Crippen LogP contribution in [0.4, 0.5) is 11.4 Å². The van der Waals surface area contributed by atoms with E-state index >= 15 is 0 Å². The van der Waals surface area contributed by atoms with Crippen LogP contribution in [0.25, 0.3) is 0 Å². The van der Waals surface area contributed by atoms with Crippen molar-refractivity contribution < 1.29 is 4.79 Å². The predicted octanol–water partition coefficient (Wildman–Crippen LogP) is 3.01. The Labute approximate surface area is 121 Å². The van der Waals surface area contributed by atoms with Crippen molar-refractivity contribution in [1.29, 1.82) is 0 Å². The smallest absolute Gasteiger partial charge is 0.251 e. The van der Waals surface area contributed by atoms with Crippen molar-refractivity contribution in [3.63, 3.8) is 0 Å². The van der Waals surface area contributed by atoms with Gasteiger partial charge in [0.2, 0.25) is 0 Å². The van der Waals surface area contributed by atoms with E-state index in [0.29, 0.717) is 23.8 Å². The Morgan fingerprint density at radius 1 is 1.40 bits per heavy atom. The zero-order valence-corrected chi connectivity index (χ0v) is 12.4. The molecule has 4 N–H and O–H groups in total. The molecule has 0 heterocycles. The monoisotopic (exact) mass is 275 g/mol. The molecule has 4 nitrogen and oxygen atoms in total. The topological polar surface area (TPSA) is 67.2 Å². The minimum absolute atomic E-state index is 0.0745. The Morgan fingerprint density at radius 2 is 2.10 bits per heavy atom. The van der Waals surface area contributed by atoms with E-state index in [1.165, 1.54) is 25.7 Å². The van der Waals surface area contributed by atoms with Crippen LogP contribution in [-0.2, 0) is 0 Å². The van der Waals surface area contributed by atoms with Crippen molar-refractivity contribution in [1.82, 2.24) is 5.32 Å². The summed E-state index contributed by atoms with van der Waals surface area (Å²) in [4.78, 5) is 11.8. The largest absolute Gasteiger partial charge is 0.397 e. The van der Waals surface area contributed by atoms with Crippen LogP contribution < -0.4 is 16.4 Å². The van der Waals surface area contributed by atoms with E-state index in [4.69, 9.17) is 5.73 Å². The van der Waals surface area contributed by atoms with E-state index in [0.717, 1.165) is 11.6 Å². The fourth-order valence-corrected chi connectivity index (χ4v) is 2.92. The third-order valence-corrected chi connectivity index (χ3v) is 4.14. The lowest BCUT2D eigenvalue weighted by Crippen LogP contribution is -2.25. The van der Waals surface area contributed by atoms with Gasteiger partial charge in [0.15, 0.2) is 0 Å². The first kappa shape index (κ1) is 14.7. The molecule has 0 aromatic heterocycles. The molecule has 2 rings (SSSR count). The molecule has 0 aliphatic heterocycles. The predicted molar refractivity (Wildman–Crippen MR) is 83.9 cm³/mol. The Morgan fingerprint density at radius 3 is 2.70 bits per heavy atom. The SMILES string of the molecule is CCNC(=O)c1ccc(NC(C)C2CCCC2)c(N)c1. The third kappa shape index (κ3) is 3.44. The van der Waals surface area contributed by atoms with Gasteiger partial charge in [-0.15, -0.1) is 0 Å². The summed E-state index contributed by atoms with van der Waals surface area (Å²) >= 11 is 0. The van der Waals surface area contributed by atoms with Gasteiger partial charge in [-0.1, -0.05) is 12.8 Å². The molecule has 1 aliphatic carbocycles. The maximum absolute atomic E-state index is 11.8. The van der Waals surface area contributed by atoms with Gasteiger partial charge in [0.25, 0.3) is 5.91 Å². The molecule has 1 saturated carbocycles. The summed E-state index contributed by atoms with van der Waals surface area (Å²) in [6.45, 7) is 4.74. The van der Waals surface area contributed by atoms with Gasteiger partial charge in [-0.2, -0.15) is 0 Å². The molecule has 1 fully saturated rings. The summed E-state index contributed by atoms with van der Waals surface area (Å²) in [6.07, 6.45) is 5.26. The number of carbonyl (C=O) groups is 1. The molecule has 110 valence electrons.